The average Bonchev–Trinajstić information content (AvgIpc) is 2.72. The average molecular weight is 317 g/mol. The van der Waals surface area contributed by atoms with E-state index in [0.717, 1.165) is 30.9 Å². The molecule has 0 amide bonds. The standard InChI is InChI=1S/C16H19N3O4/c1-4-19-8(3)17-12-9(19)6-5-7(2)10-13(12)18-15(21)11(14(10)20)16(22)23/h7H,4-6H2,1-3H3,(H,22,23)(H2,18,20,21). The molecular formula is C16H19N3O4. The van der Waals surface area contributed by atoms with Crippen LogP contribution < -0.4 is 5.56 Å². The van der Waals surface area contributed by atoms with Gasteiger partial charge < -0.3 is 19.8 Å². The van der Waals surface area contributed by atoms with E-state index < -0.39 is 22.8 Å². The first kappa shape index (κ1) is 15.3. The summed E-state index contributed by atoms with van der Waals surface area (Å²) in [6.07, 6.45) is 1.49. The molecule has 23 heavy (non-hydrogen) atoms. The molecule has 3 N–H and O–H groups in total. The number of aryl methyl sites for hydroxylation is 1. The van der Waals surface area contributed by atoms with Gasteiger partial charge in [0.15, 0.2) is 5.56 Å². The molecule has 3 rings (SSSR count). The van der Waals surface area contributed by atoms with Crippen molar-refractivity contribution in [2.24, 2.45) is 0 Å². The van der Waals surface area contributed by atoms with E-state index in [1.54, 1.807) is 0 Å². The van der Waals surface area contributed by atoms with Crippen LogP contribution in [0.5, 0.6) is 5.75 Å². The number of nitrogens with one attached hydrogen (secondary N) is 1. The van der Waals surface area contributed by atoms with Crippen LogP contribution in [0.25, 0.3) is 11.4 Å². The maximum Gasteiger partial charge on any atom is 0.345 e. The lowest BCUT2D eigenvalue weighted by Crippen LogP contribution is -2.20. The van der Waals surface area contributed by atoms with Crippen LogP contribution in [0.15, 0.2) is 4.79 Å². The van der Waals surface area contributed by atoms with Crippen molar-refractivity contribution in [2.45, 2.75) is 46.1 Å². The van der Waals surface area contributed by atoms with Crippen molar-refractivity contribution in [3.63, 3.8) is 0 Å². The molecule has 0 fully saturated rings. The van der Waals surface area contributed by atoms with Gasteiger partial charge in [0.1, 0.15) is 17.3 Å². The lowest BCUT2D eigenvalue weighted by molar-refractivity contribution is 0.0691. The Kier molecular flexibility index (Phi) is 3.50. The van der Waals surface area contributed by atoms with E-state index in [2.05, 4.69) is 14.5 Å². The summed E-state index contributed by atoms with van der Waals surface area (Å²) in [5.74, 6) is -1.13. The summed E-state index contributed by atoms with van der Waals surface area (Å²) in [5, 5.41) is 19.6. The number of imidazole rings is 1. The predicted octanol–water partition coefficient (Wildman–Crippen LogP) is 2.02. The molecule has 0 saturated heterocycles. The molecule has 0 aliphatic heterocycles. The first-order valence-corrected chi connectivity index (χ1v) is 7.65. The molecule has 7 nitrogen and oxygen atoms in total. The van der Waals surface area contributed by atoms with Crippen molar-refractivity contribution in [2.75, 3.05) is 0 Å². The number of aromatic nitrogens is 3. The fourth-order valence-electron chi connectivity index (χ4n) is 3.45. The minimum absolute atomic E-state index is 0.0836. The number of pyridine rings is 1. The number of carboxylic acids is 1. The van der Waals surface area contributed by atoms with Crippen LogP contribution >= 0.6 is 0 Å². The summed E-state index contributed by atoms with van der Waals surface area (Å²) >= 11 is 0. The van der Waals surface area contributed by atoms with E-state index in [-0.39, 0.29) is 5.92 Å². The van der Waals surface area contributed by atoms with Gasteiger partial charge in [-0.05, 0) is 32.6 Å². The monoisotopic (exact) mass is 317 g/mol. The fourth-order valence-corrected chi connectivity index (χ4v) is 3.45. The van der Waals surface area contributed by atoms with Crippen molar-refractivity contribution in [1.29, 1.82) is 0 Å². The highest BCUT2D eigenvalue weighted by molar-refractivity contribution is 5.92. The second-order valence-electron chi connectivity index (χ2n) is 5.91. The zero-order valence-corrected chi connectivity index (χ0v) is 13.3. The van der Waals surface area contributed by atoms with Crippen LogP contribution in [0.1, 0.15) is 53.6 Å². The van der Waals surface area contributed by atoms with Crippen molar-refractivity contribution in [3.05, 3.63) is 33.0 Å². The highest BCUT2D eigenvalue weighted by Crippen LogP contribution is 2.41. The number of nitrogens with zero attached hydrogens (tertiary/aromatic N) is 2. The third-order valence-corrected chi connectivity index (χ3v) is 4.56. The Labute approximate surface area is 132 Å². The zero-order chi connectivity index (χ0) is 16.9. The number of aromatic carboxylic acids is 1. The Bertz CT molecular complexity index is 863. The maximum atomic E-state index is 12.1. The smallest absolute Gasteiger partial charge is 0.345 e. The fraction of sp³-hybridized carbons (Fsp3) is 0.438. The molecule has 2 aromatic heterocycles. The number of carboxylic acid groups (broad SMARTS) is 1. The van der Waals surface area contributed by atoms with Gasteiger partial charge in [0, 0.05) is 17.8 Å². The van der Waals surface area contributed by atoms with Gasteiger partial charge in [0.25, 0.3) is 5.56 Å². The van der Waals surface area contributed by atoms with Gasteiger partial charge in [0.2, 0.25) is 0 Å². The molecule has 1 aliphatic carbocycles. The molecule has 0 saturated carbocycles. The van der Waals surface area contributed by atoms with E-state index in [0.29, 0.717) is 17.0 Å². The SMILES string of the molecule is CCn1c(C)nc2c1CCC(C)c1c-2[nH]c(=O)c(C(=O)O)c1O. The minimum atomic E-state index is -1.43. The number of hydrogen-bond acceptors (Lipinski definition) is 4. The van der Waals surface area contributed by atoms with Gasteiger partial charge in [-0.1, -0.05) is 6.92 Å². The third kappa shape index (κ3) is 2.15. The number of aromatic hydroxyl groups is 1. The quantitative estimate of drug-likeness (QED) is 0.785. The molecule has 1 atom stereocenters. The molecule has 0 radical (unpaired) electrons. The van der Waals surface area contributed by atoms with E-state index in [9.17, 15) is 19.8 Å². The van der Waals surface area contributed by atoms with Crippen molar-refractivity contribution in [1.82, 2.24) is 14.5 Å². The van der Waals surface area contributed by atoms with Crippen LogP contribution in [-0.4, -0.2) is 30.7 Å². The lowest BCUT2D eigenvalue weighted by Gasteiger charge is -2.15. The van der Waals surface area contributed by atoms with Gasteiger partial charge >= 0.3 is 5.97 Å². The largest absolute Gasteiger partial charge is 0.506 e. The molecule has 1 unspecified atom stereocenters. The topological polar surface area (TPSA) is 108 Å². The number of carbonyl (C=O) groups is 1. The Balaban J connectivity index is 2.39. The normalized spacial score (nSPS) is 16.6. The Morgan fingerprint density at radius 3 is 2.78 bits per heavy atom. The molecular weight excluding hydrogens is 298 g/mol. The minimum Gasteiger partial charge on any atom is -0.506 e. The third-order valence-electron chi connectivity index (χ3n) is 4.56. The molecule has 0 bridgehead atoms. The first-order chi connectivity index (χ1) is 10.9. The summed E-state index contributed by atoms with van der Waals surface area (Å²) in [6, 6.07) is 0. The summed E-state index contributed by atoms with van der Waals surface area (Å²) in [6.45, 7) is 6.60. The lowest BCUT2D eigenvalue weighted by atomic mass is 9.94. The Morgan fingerprint density at radius 2 is 2.17 bits per heavy atom. The molecule has 0 spiro atoms. The van der Waals surface area contributed by atoms with E-state index >= 15 is 0 Å². The summed E-state index contributed by atoms with van der Waals surface area (Å²) in [4.78, 5) is 30.6. The van der Waals surface area contributed by atoms with Crippen molar-refractivity contribution < 1.29 is 15.0 Å². The van der Waals surface area contributed by atoms with Crippen LogP contribution in [0.2, 0.25) is 0 Å². The molecule has 2 aromatic rings. The van der Waals surface area contributed by atoms with Gasteiger partial charge in [0.05, 0.1) is 5.69 Å². The first-order valence-electron chi connectivity index (χ1n) is 7.65. The van der Waals surface area contributed by atoms with Gasteiger partial charge in [-0.3, -0.25) is 4.79 Å². The highest BCUT2D eigenvalue weighted by atomic mass is 16.4. The van der Waals surface area contributed by atoms with Gasteiger partial charge in [-0.2, -0.15) is 0 Å². The van der Waals surface area contributed by atoms with E-state index in [1.807, 2.05) is 20.8 Å². The van der Waals surface area contributed by atoms with Gasteiger partial charge in [-0.15, -0.1) is 0 Å². The van der Waals surface area contributed by atoms with Crippen molar-refractivity contribution in [3.8, 4) is 17.1 Å². The second kappa shape index (κ2) is 5.26. The number of hydrogen-bond donors (Lipinski definition) is 3. The van der Waals surface area contributed by atoms with E-state index in [1.165, 1.54) is 0 Å². The summed E-state index contributed by atoms with van der Waals surface area (Å²) in [7, 11) is 0. The van der Waals surface area contributed by atoms with Crippen LogP contribution in [-0.2, 0) is 13.0 Å². The van der Waals surface area contributed by atoms with E-state index in [4.69, 9.17) is 0 Å². The molecule has 0 aromatic carbocycles. The molecule has 122 valence electrons. The van der Waals surface area contributed by atoms with Crippen molar-refractivity contribution >= 4 is 5.97 Å². The number of aromatic amines is 1. The molecule has 7 heteroatoms. The second-order valence-corrected chi connectivity index (χ2v) is 5.91. The van der Waals surface area contributed by atoms with Gasteiger partial charge in [-0.25, -0.2) is 9.78 Å². The molecule has 1 aliphatic rings. The Morgan fingerprint density at radius 1 is 1.48 bits per heavy atom. The Hall–Kier alpha value is -2.57. The molecule has 2 heterocycles. The number of H-pyrrole nitrogens is 1. The maximum absolute atomic E-state index is 12.1. The zero-order valence-electron chi connectivity index (χ0n) is 13.3. The predicted molar refractivity (Wildman–Crippen MR) is 84.1 cm³/mol. The number of fused-ring (bicyclic) bond motifs is 3. The highest BCUT2D eigenvalue weighted by Gasteiger charge is 2.31. The van der Waals surface area contributed by atoms with Crippen LogP contribution in [0.3, 0.4) is 0 Å². The number of rotatable bonds is 2. The summed E-state index contributed by atoms with van der Waals surface area (Å²) in [5.41, 5.74) is 1.12. The summed E-state index contributed by atoms with van der Waals surface area (Å²) < 4.78 is 2.08. The van der Waals surface area contributed by atoms with Crippen LogP contribution in [0.4, 0.5) is 0 Å². The van der Waals surface area contributed by atoms with Crippen LogP contribution in [0, 0.1) is 6.92 Å².